The summed E-state index contributed by atoms with van der Waals surface area (Å²) in [4.78, 5) is 20.5. The van der Waals surface area contributed by atoms with Crippen molar-refractivity contribution >= 4 is 11.7 Å². The highest BCUT2D eigenvalue weighted by Crippen LogP contribution is 2.30. The first-order valence-electron chi connectivity index (χ1n) is 4.85. The Morgan fingerprint density at radius 1 is 1.53 bits per heavy atom. The van der Waals surface area contributed by atoms with E-state index in [0.717, 1.165) is 12.1 Å². The molecule has 1 unspecified atom stereocenters. The molecule has 1 aromatic rings. The third-order valence-corrected chi connectivity index (χ3v) is 2.37. The standard InChI is InChI=1S/C10H12N2O5/c11-5-7(4-10(14)15)6-1-2-9(13)8(3-6)12(16)17/h1-3,7,13H,4-5,11H2,(H,14,15). The topological polar surface area (TPSA) is 127 Å². The molecule has 0 aromatic heterocycles. The average molecular weight is 240 g/mol. The van der Waals surface area contributed by atoms with E-state index in [1.165, 1.54) is 6.07 Å². The van der Waals surface area contributed by atoms with Gasteiger partial charge in [0.2, 0.25) is 0 Å². The molecular formula is C10H12N2O5. The van der Waals surface area contributed by atoms with Crippen LogP contribution in [0.2, 0.25) is 0 Å². The van der Waals surface area contributed by atoms with Crippen molar-refractivity contribution in [2.75, 3.05) is 6.54 Å². The SMILES string of the molecule is NCC(CC(=O)O)c1ccc(O)c([N+](=O)[O-])c1. The number of aromatic hydroxyl groups is 1. The first kappa shape index (κ1) is 12.9. The minimum atomic E-state index is -1.03. The molecule has 92 valence electrons. The van der Waals surface area contributed by atoms with Crippen LogP contribution < -0.4 is 5.73 Å². The Balaban J connectivity index is 3.08. The summed E-state index contributed by atoms with van der Waals surface area (Å²) in [5, 5.41) is 28.5. The zero-order valence-electron chi connectivity index (χ0n) is 8.87. The molecule has 4 N–H and O–H groups in total. The number of carboxylic acids is 1. The quantitative estimate of drug-likeness (QED) is 0.516. The highest BCUT2D eigenvalue weighted by molar-refractivity contribution is 5.68. The molecule has 0 aliphatic carbocycles. The predicted molar refractivity (Wildman–Crippen MR) is 58.8 cm³/mol. The van der Waals surface area contributed by atoms with Gasteiger partial charge in [-0.05, 0) is 18.2 Å². The predicted octanol–water partition coefficient (Wildman–Crippen LogP) is 0.817. The Morgan fingerprint density at radius 3 is 2.65 bits per heavy atom. The van der Waals surface area contributed by atoms with Crippen molar-refractivity contribution in [1.29, 1.82) is 0 Å². The summed E-state index contributed by atoms with van der Waals surface area (Å²) < 4.78 is 0. The van der Waals surface area contributed by atoms with Gasteiger partial charge in [-0.15, -0.1) is 0 Å². The van der Waals surface area contributed by atoms with E-state index in [-0.39, 0.29) is 13.0 Å². The number of hydrogen-bond donors (Lipinski definition) is 3. The van der Waals surface area contributed by atoms with Gasteiger partial charge in [0, 0.05) is 12.0 Å². The first-order valence-corrected chi connectivity index (χ1v) is 4.85. The van der Waals surface area contributed by atoms with Gasteiger partial charge in [0.1, 0.15) is 0 Å². The largest absolute Gasteiger partial charge is 0.502 e. The third kappa shape index (κ3) is 3.15. The fourth-order valence-electron chi connectivity index (χ4n) is 1.49. The molecule has 0 radical (unpaired) electrons. The van der Waals surface area contributed by atoms with Crippen LogP contribution in [0, 0.1) is 10.1 Å². The molecule has 0 bridgehead atoms. The maximum absolute atomic E-state index is 10.6. The molecule has 17 heavy (non-hydrogen) atoms. The Bertz CT molecular complexity index is 446. The van der Waals surface area contributed by atoms with Gasteiger partial charge in [0.15, 0.2) is 5.75 Å². The molecule has 0 aliphatic rings. The monoisotopic (exact) mass is 240 g/mol. The van der Waals surface area contributed by atoms with Gasteiger partial charge < -0.3 is 15.9 Å². The number of rotatable bonds is 5. The van der Waals surface area contributed by atoms with E-state index in [2.05, 4.69) is 0 Å². The second-order valence-corrected chi connectivity index (χ2v) is 3.54. The van der Waals surface area contributed by atoms with Crippen molar-refractivity contribution in [1.82, 2.24) is 0 Å². The number of hydrogen-bond acceptors (Lipinski definition) is 5. The van der Waals surface area contributed by atoms with Gasteiger partial charge >= 0.3 is 11.7 Å². The average Bonchev–Trinajstić information content (AvgIpc) is 2.26. The molecule has 0 fully saturated rings. The maximum atomic E-state index is 10.6. The summed E-state index contributed by atoms with van der Waals surface area (Å²) in [6, 6.07) is 3.75. The zero-order chi connectivity index (χ0) is 13.0. The second-order valence-electron chi connectivity index (χ2n) is 3.54. The van der Waals surface area contributed by atoms with Crippen LogP contribution in [0.25, 0.3) is 0 Å². The highest BCUT2D eigenvalue weighted by Gasteiger charge is 2.19. The smallest absolute Gasteiger partial charge is 0.310 e. The van der Waals surface area contributed by atoms with Crippen LogP contribution in [-0.2, 0) is 4.79 Å². The number of nitrogens with two attached hydrogens (primary N) is 1. The number of nitro benzene ring substituents is 1. The normalized spacial score (nSPS) is 12.1. The van der Waals surface area contributed by atoms with Gasteiger partial charge in [-0.2, -0.15) is 0 Å². The minimum Gasteiger partial charge on any atom is -0.502 e. The number of phenols is 1. The summed E-state index contributed by atoms with van der Waals surface area (Å²) in [6.45, 7) is 0.0637. The molecule has 0 saturated heterocycles. The molecule has 0 spiro atoms. The number of carboxylic acid groups (broad SMARTS) is 1. The summed E-state index contributed by atoms with van der Waals surface area (Å²) in [5.74, 6) is -1.99. The van der Waals surface area contributed by atoms with Crippen molar-refractivity contribution in [2.24, 2.45) is 5.73 Å². The summed E-state index contributed by atoms with van der Waals surface area (Å²) >= 11 is 0. The highest BCUT2D eigenvalue weighted by atomic mass is 16.6. The van der Waals surface area contributed by atoms with Crippen molar-refractivity contribution in [3.8, 4) is 5.75 Å². The molecule has 7 nitrogen and oxygen atoms in total. The van der Waals surface area contributed by atoms with E-state index >= 15 is 0 Å². The van der Waals surface area contributed by atoms with Crippen LogP contribution in [0.15, 0.2) is 18.2 Å². The van der Waals surface area contributed by atoms with Crippen LogP contribution in [0.4, 0.5) is 5.69 Å². The zero-order valence-corrected chi connectivity index (χ0v) is 8.87. The summed E-state index contributed by atoms with van der Waals surface area (Å²) in [5.41, 5.74) is 5.40. The molecule has 0 amide bonds. The van der Waals surface area contributed by atoms with Gasteiger partial charge in [-0.1, -0.05) is 6.07 Å². The maximum Gasteiger partial charge on any atom is 0.310 e. The van der Waals surface area contributed by atoms with Crippen molar-refractivity contribution in [3.05, 3.63) is 33.9 Å². The van der Waals surface area contributed by atoms with E-state index in [9.17, 15) is 20.0 Å². The van der Waals surface area contributed by atoms with Gasteiger partial charge in [-0.3, -0.25) is 14.9 Å². The number of nitro groups is 1. The van der Waals surface area contributed by atoms with E-state index in [1.807, 2.05) is 0 Å². The van der Waals surface area contributed by atoms with Crippen LogP contribution >= 0.6 is 0 Å². The van der Waals surface area contributed by atoms with Crippen molar-refractivity contribution in [2.45, 2.75) is 12.3 Å². The molecule has 7 heteroatoms. The van der Waals surface area contributed by atoms with Gasteiger partial charge in [0.25, 0.3) is 0 Å². The Kier molecular flexibility index (Phi) is 4.00. The molecule has 1 aromatic carbocycles. The third-order valence-electron chi connectivity index (χ3n) is 2.37. The Labute approximate surface area is 96.6 Å². The van der Waals surface area contributed by atoms with E-state index in [1.54, 1.807) is 0 Å². The molecule has 0 aliphatic heterocycles. The second kappa shape index (κ2) is 5.26. The van der Waals surface area contributed by atoms with E-state index < -0.39 is 28.2 Å². The number of carbonyl (C=O) groups is 1. The lowest BCUT2D eigenvalue weighted by Gasteiger charge is -2.12. The fraction of sp³-hybridized carbons (Fsp3) is 0.300. The minimum absolute atomic E-state index is 0.0637. The van der Waals surface area contributed by atoms with Gasteiger partial charge in [-0.25, -0.2) is 0 Å². The summed E-state index contributed by atoms with van der Waals surface area (Å²) in [7, 11) is 0. The fourth-order valence-corrected chi connectivity index (χ4v) is 1.49. The molecule has 0 heterocycles. The van der Waals surface area contributed by atoms with Crippen LogP contribution in [-0.4, -0.2) is 27.7 Å². The Hall–Kier alpha value is -2.15. The first-order chi connectivity index (χ1) is 7.95. The lowest BCUT2D eigenvalue weighted by molar-refractivity contribution is -0.385. The van der Waals surface area contributed by atoms with Crippen molar-refractivity contribution in [3.63, 3.8) is 0 Å². The molecular weight excluding hydrogens is 228 g/mol. The molecule has 0 saturated carbocycles. The summed E-state index contributed by atoms with van der Waals surface area (Å²) in [6.07, 6.45) is -0.210. The lowest BCUT2D eigenvalue weighted by Crippen LogP contribution is -2.16. The lowest BCUT2D eigenvalue weighted by atomic mass is 9.95. The Morgan fingerprint density at radius 2 is 2.18 bits per heavy atom. The van der Waals surface area contributed by atoms with E-state index in [0.29, 0.717) is 5.56 Å². The number of nitrogens with zero attached hydrogens (tertiary/aromatic N) is 1. The number of phenolic OH excluding ortho intramolecular Hbond substituents is 1. The number of aliphatic carboxylic acids is 1. The van der Waals surface area contributed by atoms with E-state index in [4.69, 9.17) is 10.8 Å². The molecule has 1 atom stereocenters. The number of benzene rings is 1. The molecule has 1 rings (SSSR count). The van der Waals surface area contributed by atoms with Crippen LogP contribution in [0.1, 0.15) is 17.9 Å². The van der Waals surface area contributed by atoms with Crippen molar-refractivity contribution < 1.29 is 19.9 Å². The van der Waals surface area contributed by atoms with Crippen LogP contribution in [0.3, 0.4) is 0 Å². The van der Waals surface area contributed by atoms with Gasteiger partial charge in [0.05, 0.1) is 11.3 Å². The van der Waals surface area contributed by atoms with Crippen LogP contribution in [0.5, 0.6) is 5.75 Å².